The lowest BCUT2D eigenvalue weighted by atomic mass is 10.2. The van der Waals surface area contributed by atoms with E-state index in [1.807, 2.05) is 0 Å². The second-order valence-electron chi connectivity index (χ2n) is 5.01. The van der Waals surface area contributed by atoms with Crippen LogP contribution in [0.3, 0.4) is 0 Å². The molecule has 0 radical (unpaired) electrons. The van der Waals surface area contributed by atoms with E-state index in [2.05, 4.69) is 5.32 Å². The number of ether oxygens (including phenoxy) is 1. The lowest BCUT2D eigenvalue weighted by molar-refractivity contribution is 0.102. The minimum Gasteiger partial charge on any atom is -0.457 e. The van der Waals surface area contributed by atoms with Crippen LogP contribution in [0, 0.1) is 5.82 Å². The third-order valence-corrected chi connectivity index (χ3v) is 3.53. The van der Waals surface area contributed by atoms with Crippen LogP contribution in [0.15, 0.2) is 72.8 Å². The Bertz CT molecular complexity index is 848. The monoisotopic (exact) mass is 341 g/mol. The zero-order valence-corrected chi connectivity index (χ0v) is 13.3. The normalized spacial score (nSPS) is 10.2. The first-order chi connectivity index (χ1) is 11.6. The average Bonchev–Trinajstić information content (AvgIpc) is 2.59. The molecule has 0 spiro atoms. The first kappa shape index (κ1) is 16.0. The Kier molecular flexibility index (Phi) is 4.77. The molecule has 24 heavy (non-hydrogen) atoms. The van der Waals surface area contributed by atoms with E-state index in [0.29, 0.717) is 22.2 Å². The highest BCUT2D eigenvalue weighted by Crippen LogP contribution is 2.24. The number of hydrogen-bond donors (Lipinski definition) is 1. The van der Waals surface area contributed by atoms with Crippen molar-refractivity contribution in [2.24, 2.45) is 0 Å². The van der Waals surface area contributed by atoms with Gasteiger partial charge in [0.15, 0.2) is 0 Å². The van der Waals surface area contributed by atoms with Crippen molar-refractivity contribution in [2.75, 3.05) is 5.32 Å². The Labute approximate surface area is 143 Å². The number of benzene rings is 3. The van der Waals surface area contributed by atoms with Gasteiger partial charge in [-0.05, 0) is 60.7 Å². The fourth-order valence-electron chi connectivity index (χ4n) is 2.09. The Balaban J connectivity index is 1.67. The molecule has 5 heteroatoms. The molecule has 0 saturated heterocycles. The summed E-state index contributed by atoms with van der Waals surface area (Å²) < 4.78 is 19.3. The Morgan fingerprint density at radius 2 is 1.46 bits per heavy atom. The van der Waals surface area contributed by atoms with E-state index in [0.717, 1.165) is 0 Å². The van der Waals surface area contributed by atoms with Crippen molar-refractivity contribution in [3.8, 4) is 11.5 Å². The predicted molar refractivity (Wildman–Crippen MR) is 92.3 cm³/mol. The largest absolute Gasteiger partial charge is 0.457 e. The maximum absolute atomic E-state index is 13.6. The van der Waals surface area contributed by atoms with Crippen molar-refractivity contribution < 1.29 is 13.9 Å². The number of anilines is 1. The average molecular weight is 342 g/mol. The Hall–Kier alpha value is -2.85. The summed E-state index contributed by atoms with van der Waals surface area (Å²) in [6.45, 7) is 0. The summed E-state index contributed by atoms with van der Waals surface area (Å²) in [7, 11) is 0. The zero-order valence-electron chi connectivity index (χ0n) is 12.5. The fourth-order valence-corrected chi connectivity index (χ4v) is 2.21. The topological polar surface area (TPSA) is 38.3 Å². The second-order valence-corrected chi connectivity index (χ2v) is 5.45. The third-order valence-electron chi connectivity index (χ3n) is 3.28. The Morgan fingerprint density at radius 3 is 2.08 bits per heavy atom. The molecule has 1 N–H and O–H groups in total. The van der Waals surface area contributed by atoms with Gasteiger partial charge in [-0.3, -0.25) is 4.79 Å². The van der Waals surface area contributed by atoms with Crippen molar-refractivity contribution in [3.05, 3.63) is 89.2 Å². The van der Waals surface area contributed by atoms with E-state index in [4.69, 9.17) is 16.3 Å². The lowest BCUT2D eigenvalue weighted by Crippen LogP contribution is -2.13. The first-order valence-electron chi connectivity index (χ1n) is 7.21. The van der Waals surface area contributed by atoms with Crippen LogP contribution in [0.4, 0.5) is 10.1 Å². The standard InChI is InChI=1S/C19H13ClFNO2/c20-13-5-9-15(10-6-13)24-16-11-7-14(8-12-16)22-19(23)17-3-1-2-4-18(17)21/h1-12H,(H,22,23). The molecule has 3 rings (SSSR count). The maximum atomic E-state index is 13.6. The summed E-state index contributed by atoms with van der Waals surface area (Å²) in [5, 5.41) is 3.28. The summed E-state index contributed by atoms with van der Waals surface area (Å²) in [5.74, 6) is 0.209. The van der Waals surface area contributed by atoms with Crippen LogP contribution in [0.25, 0.3) is 0 Å². The van der Waals surface area contributed by atoms with Gasteiger partial charge in [-0.2, -0.15) is 0 Å². The highest BCUT2D eigenvalue weighted by Gasteiger charge is 2.10. The van der Waals surface area contributed by atoms with Crippen LogP contribution in [0.5, 0.6) is 11.5 Å². The van der Waals surface area contributed by atoms with E-state index in [1.54, 1.807) is 54.6 Å². The van der Waals surface area contributed by atoms with Crippen LogP contribution in [0.2, 0.25) is 5.02 Å². The number of carbonyl (C=O) groups is 1. The van der Waals surface area contributed by atoms with Gasteiger partial charge in [0.25, 0.3) is 5.91 Å². The lowest BCUT2D eigenvalue weighted by Gasteiger charge is -2.08. The van der Waals surface area contributed by atoms with Crippen molar-refractivity contribution in [3.63, 3.8) is 0 Å². The summed E-state index contributed by atoms with van der Waals surface area (Å²) in [6.07, 6.45) is 0. The smallest absolute Gasteiger partial charge is 0.258 e. The number of carbonyl (C=O) groups excluding carboxylic acids is 1. The molecule has 0 aliphatic carbocycles. The van der Waals surface area contributed by atoms with Crippen LogP contribution < -0.4 is 10.1 Å². The molecule has 0 bridgehead atoms. The Morgan fingerprint density at radius 1 is 0.875 bits per heavy atom. The molecule has 0 fully saturated rings. The molecule has 0 aromatic heterocycles. The number of nitrogens with one attached hydrogen (secondary N) is 1. The van der Waals surface area contributed by atoms with E-state index in [-0.39, 0.29) is 5.56 Å². The number of hydrogen-bond acceptors (Lipinski definition) is 2. The molecule has 0 saturated carbocycles. The van der Waals surface area contributed by atoms with Crippen LogP contribution in [-0.2, 0) is 0 Å². The third kappa shape index (κ3) is 3.91. The van der Waals surface area contributed by atoms with Gasteiger partial charge in [-0.15, -0.1) is 0 Å². The molecule has 0 aliphatic heterocycles. The van der Waals surface area contributed by atoms with Crippen LogP contribution in [-0.4, -0.2) is 5.91 Å². The minimum atomic E-state index is -0.558. The van der Waals surface area contributed by atoms with Crippen LogP contribution in [0.1, 0.15) is 10.4 Å². The minimum absolute atomic E-state index is 0.000934. The predicted octanol–water partition coefficient (Wildman–Crippen LogP) is 5.52. The van der Waals surface area contributed by atoms with Crippen molar-refractivity contribution >= 4 is 23.2 Å². The van der Waals surface area contributed by atoms with Gasteiger partial charge in [-0.1, -0.05) is 23.7 Å². The summed E-state index contributed by atoms with van der Waals surface area (Å²) in [5.41, 5.74) is 0.547. The van der Waals surface area contributed by atoms with E-state index >= 15 is 0 Å². The maximum Gasteiger partial charge on any atom is 0.258 e. The van der Waals surface area contributed by atoms with Gasteiger partial charge in [0.2, 0.25) is 0 Å². The molecule has 3 aromatic carbocycles. The van der Waals surface area contributed by atoms with Gasteiger partial charge in [0.1, 0.15) is 17.3 Å². The summed E-state index contributed by atoms with van der Waals surface area (Å²) in [6, 6.07) is 19.6. The van der Waals surface area contributed by atoms with E-state index < -0.39 is 11.7 Å². The molecule has 0 heterocycles. The van der Waals surface area contributed by atoms with Gasteiger partial charge < -0.3 is 10.1 Å². The summed E-state index contributed by atoms with van der Waals surface area (Å²) in [4.78, 5) is 12.0. The highest BCUT2D eigenvalue weighted by molar-refractivity contribution is 6.30. The molecule has 1 amide bonds. The quantitative estimate of drug-likeness (QED) is 0.678. The number of amides is 1. The fraction of sp³-hybridized carbons (Fsp3) is 0. The molecule has 120 valence electrons. The molecule has 0 aliphatic rings. The SMILES string of the molecule is O=C(Nc1ccc(Oc2ccc(Cl)cc2)cc1)c1ccccc1F. The van der Waals surface area contributed by atoms with E-state index in [9.17, 15) is 9.18 Å². The molecular weight excluding hydrogens is 329 g/mol. The molecule has 0 unspecified atom stereocenters. The highest BCUT2D eigenvalue weighted by atomic mass is 35.5. The second kappa shape index (κ2) is 7.15. The van der Waals surface area contributed by atoms with Crippen molar-refractivity contribution in [1.82, 2.24) is 0 Å². The number of halogens is 2. The van der Waals surface area contributed by atoms with Gasteiger partial charge in [-0.25, -0.2) is 4.39 Å². The van der Waals surface area contributed by atoms with Crippen LogP contribution >= 0.6 is 11.6 Å². The van der Waals surface area contributed by atoms with Gasteiger partial charge in [0, 0.05) is 10.7 Å². The molecule has 3 nitrogen and oxygen atoms in total. The molecular formula is C19H13ClFNO2. The van der Waals surface area contributed by atoms with Gasteiger partial charge >= 0.3 is 0 Å². The van der Waals surface area contributed by atoms with Gasteiger partial charge in [0.05, 0.1) is 5.56 Å². The zero-order chi connectivity index (χ0) is 16.9. The molecule has 3 aromatic rings. The van der Waals surface area contributed by atoms with Crippen molar-refractivity contribution in [1.29, 1.82) is 0 Å². The number of rotatable bonds is 4. The van der Waals surface area contributed by atoms with Crippen molar-refractivity contribution in [2.45, 2.75) is 0 Å². The van der Waals surface area contributed by atoms with E-state index in [1.165, 1.54) is 18.2 Å². The first-order valence-corrected chi connectivity index (χ1v) is 7.59. The molecule has 0 atom stereocenters. The summed E-state index contributed by atoms with van der Waals surface area (Å²) >= 11 is 5.82.